The number of aliphatic hydroxyl groups excluding tert-OH is 2. The molecule has 3 aliphatic heterocycles. The summed E-state index contributed by atoms with van der Waals surface area (Å²) in [5, 5.41) is 25.4. The lowest BCUT2D eigenvalue weighted by molar-refractivity contribution is -0.224. The Morgan fingerprint density at radius 3 is 2.39 bits per heavy atom. The summed E-state index contributed by atoms with van der Waals surface area (Å²) in [6.45, 7) is 4.74. The number of hydrogen-bond donors (Lipinski definition) is 4. The molecule has 2 aromatic rings. The molecule has 294 valence electrons. The van der Waals surface area contributed by atoms with Crippen molar-refractivity contribution in [1.29, 1.82) is 0 Å². The monoisotopic (exact) mass is 749 g/mol. The van der Waals surface area contributed by atoms with Gasteiger partial charge < -0.3 is 39.8 Å². The molecule has 1 aliphatic carbocycles. The van der Waals surface area contributed by atoms with E-state index in [4.69, 9.17) is 34.0 Å². The molecule has 0 radical (unpaired) electrons. The number of benzene rings is 2. The van der Waals surface area contributed by atoms with Crippen LogP contribution in [0.2, 0.25) is 0 Å². The van der Waals surface area contributed by atoms with E-state index < -0.39 is 47.6 Å². The molecule has 2 aromatic carbocycles. The number of fused-ring (bicyclic) bond motifs is 4. The number of carbonyl (C=O) groups is 3. The zero-order valence-electron chi connectivity index (χ0n) is 31.4. The van der Waals surface area contributed by atoms with Gasteiger partial charge in [-0.3, -0.25) is 19.2 Å². The first-order valence-corrected chi connectivity index (χ1v) is 19.5. The second-order valence-electron chi connectivity index (χ2n) is 14.7. The number of aliphatic hydroxyl groups is 2. The van der Waals surface area contributed by atoms with E-state index >= 15 is 0 Å². The number of nitrogens with one attached hydrogen (secondary N) is 2. The van der Waals surface area contributed by atoms with Gasteiger partial charge in [-0.15, -0.1) is 0 Å². The third-order valence-electron chi connectivity index (χ3n) is 10.9. The molecule has 2 amide bonds. The summed E-state index contributed by atoms with van der Waals surface area (Å²) in [4.78, 5) is 48.2. The minimum atomic E-state index is -1.34. The summed E-state index contributed by atoms with van der Waals surface area (Å²) in [5.74, 6) is -2.08. The van der Waals surface area contributed by atoms with Crippen LogP contribution in [0.3, 0.4) is 0 Å². The van der Waals surface area contributed by atoms with E-state index in [9.17, 15) is 14.4 Å². The Morgan fingerprint density at radius 2 is 1.69 bits per heavy atom. The van der Waals surface area contributed by atoms with Gasteiger partial charge in [0.2, 0.25) is 5.91 Å². The van der Waals surface area contributed by atoms with Gasteiger partial charge >= 0.3 is 5.97 Å². The third kappa shape index (κ3) is 8.51. The summed E-state index contributed by atoms with van der Waals surface area (Å²) in [5.41, 5.74) is 1.52. The fourth-order valence-electron chi connectivity index (χ4n) is 8.30. The van der Waals surface area contributed by atoms with Crippen molar-refractivity contribution in [3.63, 3.8) is 0 Å². The van der Waals surface area contributed by atoms with Crippen LogP contribution in [0, 0.1) is 5.41 Å². The van der Waals surface area contributed by atoms with Crippen molar-refractivity contribution in [2.45, 2.75) is 121 Å². The maximum absolute atomic E-state index is 14.8. The molecular weight excluding hydrogens is 694 g/mol. The normalized spacial score (nSPS) is 26.7. The van der Waals surface area contributed by atoms with Crippen LogP contribution in [0.1, 0.15) is 98.7 Å². The third-order valence-corrected chi connectivity index (χ3v) is 10.9. The van der Waals surface area contributed by atoms with Gasteiger partial charge in [-0.1, -0.05) is 75.9 Å². The second-order valence-corrected chi connectivity index (χ2v) is 14.7. The van der Waals surface area contributed by atoms with Crippen LogP contribution >= 0.6 is 0 Å². The van der Waals surface area contributed by atoms with Crippen molar-refractivity contribution < 1.29 is 48.4 Å². The fraction of sp³-hybridized carbons (Fsp3) is 0.585. The van der Waals surface area contributed by atoms with Crippen LogP contribution in [0.5, 0.6) is 0 Å². The zero-order valence-corrected chi connectivity index (χ0v) is 31.4. The average molecular weight is 750 g/mol. The topological polar surface area (TPSA) is 165 Å². The summed E-state index contributed by atoms with van der Waals surface area (Å²) in [6.07, 6.45) is 8.20. The lowest BCUT2D eigenvalue weighted by Crippen LogP contribution is -2.69. The van der Waals surface area contributed by atoms with Crippen LogP contribution in [-0.2, 0) is 46.5 Å². The van der Waals surface area contributed by atoms with Crippen LogP contribution in [0.15, 0.2) is 54.8 Å². The summed E-state index contributed by atoms with van der Waals surface area (Å²) in [7, 11) is 0. The lowest BCUT2D eigenvalue weighted by Gasteiger charge is -2.48. The molecule has 3 saturated heterocycles. The highest BCUT2D eigenvalue weighted by Crippen LogP contribution is 2.58. The largest absolute Gasteiger partial charge is 0.499 e. The Morgan fingerprint density at radius 1 is 0.944 bits per heavy atom. The van der Waals surface area contributed by atoms with Gasteiger partial charge in [-0.2, -0.15) is 5.06 Å². The maximum atomic E-state index is 14.8. The Bertz CT molecular complexity index is 1610. The van der Waals surface area contributed by atoms with Gasteiger partial charge in [0.15, 0.2) is 11.8 Å². The SMILES string of the molecule is CCCCCC1(CCCCC)O[C@@H]2[C@H]3ON(Cc4ccc(C=COCCO)cc4)[C@H]4C(=O)OC(CC34C(=O)NCc3cccc(C(=O)NCCO)c3)[C@@H]2O1. The number of hydroxylamine groups is 2. The van der Waals surface area contributed by atoms with Crippen molar-refractivity contribution in [2.75, 3.05) is 26.4 Å². The summed E-state index contributed by atoms with van der Waals surface area (Å²) >= 11 is 0. The van der Waals surface area contributed by atoms with E-state index in [1.807, 2.05) is 30.3 Å². The second kappa shape index (κ2) is 18.2. The molecule has 6 rings (SSSR count). The molecule has 2 unspecified atom stereocenters. The van der Waals surface area contributed by atoms with Gasteiger partial charge in [-0.25, -0.2) is 0 Å². The maximum Gasteiger partial charge on any atom is 0.327 e. The van der Waals surface area contributed by atoms with Crippen LogP contribution in [0.25, 0.3) is 6.08 Å². The molecule has 4 fully saturated rings. The van der Waals surface area contributed by atoms with E-state index in [0.717, 1.165) is 49.7 Å². The van der Waals surface area contributed by atoms with E-state index in [-0.39, 0.29) is 57.7 Å². The molecule has 0 aromatic heterocycles. The van der Waals surface area contributed by atoms with Gasteiger partial charge in [0.1, 0.15) is 36.4 Å². The Kier molecular flexibility index (Phi) is 13.4. The molecule has 4 N–H and O–H groups in total. The minimum absolute atomic E-state index is 0.0700. The summed E-state index contributed by atoms with van der Waals surface area (Å²) < 4.78 is 25.2. The fourth-order valence-corrected chi connectivity index (χ4v) is 8.30. The molecule has 1 saturated carbocycles. The summed E-state index contributed by atoms with van der Waals surface area (Å²) in [6, 6.07) is 13.6. The van der Waals surface area contributed by atoms with Crippen LogP contribution < -0.4 is 10.6 Å². The molecule has 13 nitrogen and oxygen atoms in total. The van der Waals surface area contributed by atoms with Gasteiger partial charge in [0.05, 0.1) is 26.0 Å². The van der Waals surface area contributed by atoms with Crippen molar-refractivity contribution in [1.82, 2.24) is 15.7 Å². The molecule has 4 aliphatic rings. The molecular formula is C41H55N3O10. The quantitative estimate of drug-likeness (QED) is 0.0874. The average Bonchev–Trinajstić information content (AvgIpc) is 3.74. The van der Waals surface area contributed by atoms with Gasteiger partial charge in [0.25, 0.3) is 5.91 Å². The minimum Gasteiger partial charge on any atom is -0.499 e. The van der Waals surface area contributed by atoms with Crippen molar-refractivity contribution in [3.8, 4) is 0 Å². The lowest BCUT2D eigenvalue weighted by atomic mass is 9.62. The van der Waals surface area contributed by atoms with Gasteiger partial charge in [0, 0.05) is 37.9 Å². The number of esters is 1. The highest BCUT2D eigenvalue weighted by molar-refractivity contribution is 5.95. The van der Waals surface area contributed by atoms with Crippen LogP contribution in [-0.4, -0.2) is 95.7 Å². The number of ether oxygens (including phenoxy) is 4. The Balaban J connectivity index is 1.29. The van der Waals surface area contributed by atoms with E-state index in [1.54, 1.807) is 29.3 Å². The number of hydrogen-bond acceptors (Lipinski definition) is 11. The molecule has 6 atom stereocenters. The number of amides is 2. The van der Waals surface area contributed by atoms with Crippen molar-refractivity contribution in [3.05, 3.63) is 77.0 Å². The first-order chi connectivity index (χ1) is 26.3. The number of rotatable bonds is 20. The first-order valence-electron chi connectivity index (χ1n) is 19.5. The van der Waals surface area contributed by atoms with E-state index in [1.165, 1.54) is 6.26 Å². The highest BCUT2D eigenvalue weighted by atomic mass is 16.8. The Labute approximate surface area is 317 Å². The molecule has 0 spiro atoms. The van der Waals surface area contributed by atoms with E-state index in [0.29, 0.717) is 24.0 Å². The standard InChI is InChI=1S/C41H55N3O10/c1-3-5-7-17-40(18-8-6-4-2)52-33-32-25-41(39(49)43-26-30-10-9-11-31(24-30)37(47)42-19-20-45)35(38(48)51-32)44(54-36(41)34(33)53-40)27-29-14-12-28(13-15-29)16-22-50-23-21-46/h9-16,22,24,32-36,45-46H,3-8,17-21,23,25-27H2,1-2H3,(H,42,47)(H,43,49)/t32?,33-,34-,35-,36+,41?/m0/s1. The molecule has 54 heavy (non-hydrogen) atoms. The van der Waals surface area contributed by atoms with Crippen LogP contribution in [0.4, 0.5) is 0 Å². The zero-order chi connectivity index (χ0) is 38.1. The van der Waals surface area contributed by atoms with Crippen molar-refractivity contribution in [2.24, 2.45) is 5.41 Å². The predicted molar refractivity (Wildman–Crippen MR) is 198 cm³/mol. The van der Waals surface area contributed by atoms with E-state index in [2.05, 4.69) is 24.5 Å². The highest BCUT2D eigenvalue weighted by Gasteiger charge is 2.76. The first kappa shape index (κ1) is 39.8. The number of carbonyl (C=O) groups excluding carboxylic acids is 3. The number of nitrogens with zero attached hydrogens (tertiary/aromatic N) is 1. The number of unbranched alkanes of at least 4 members (excludes halogenated alkanes) is 4. The predicted octanol–water partition coefficient (Wildman–Crippen LogP) is 4.15. The smallest absolute Gasteiger partial charge is 0.327 e. The van der Waals surface area contributed by atoms with Crippen molar-refractivity contribution >= 4 is 23.9 Å². The molecule has 2 bridgehead atoms. The molecule has 3 heterocycles. The molecule has 13 heteroatoms. The Hall–Kier alpha value is -3.85. The van der Waals surface area contributed by atoms with Gasteiger partial charge in [-0.05, 0) is 47.7 Å².